The lowest BCUT2D eigenvalue weighted by Gasteiger charge is -2.12. The van der Waals surface area contributed by atoms with Gasteiger partial charge in [0.1, 0.15) is 6.54 Å². The molecule has 0 aliphatic rings. The molecule has 11 heteroatoms. The Hall–Kier alpha value is -2.59. The first-order chi connectivity index (χ1) is 8.09. The third kappa shape index (κ3) is 2.02. The van der Waals surface area contributed by atoms with Gasteiger partial charge in [-0.2, -0.15) is 0 Å². The summed E-state index contributed by atoms with van der Waals surface area (Å²) in [6.07, 6.45) is 0. The van der Waals surface area contributed by atoms with Crippen molar-refractivity contribution < 1.29 is 9.90 Å². The minimum Gasteiger partial charge on any atom is -0.480 e. The van der Waals surface area contributed by atoms with Crippen LogP contribution in [0.5, 0.6) is 0 Å². The summed E-state index contributed by atoms with van der Waals surface area (Å²) in [7, 11) is 3.45. The second-order valence-corrected chi connectivity index (χ2v) is 3.29. The Balaban J connectivity index is 2.42. The molecule has 0 unspecified atom stereocenters. The van der Waals surface area contributed by atoms with Crippen molar-refractivity contribution >= 4 is 5.97 Å². The van der Waals surface area contributed by atoms with Crippen molar-refractivity contribution in [3.05, 3.63) is 0 Å². The fourth-order valence-electron chi connectivity index (χ4n) is 1.19. The smallest absolute Gasteiger partial charge is 0.325 e. The zero-order chi connectivity index (χ0) is 12.4. The van der Waals surface area contributed by atoms with E-state index in [0.717, 1.165) is 4.68 Å². The van der Waals surface area contributed by atoms with E-state index >= 15 is 0 Å². The molecule has 0 atom stereocenters. The largest absolute Gasteiger partial charge is 0.480 e. The van der Waals surface area contributed by atoms with Crippen LogP contribution in [0.3, 0.4) is 0 Å². The van der Waals surface area contributed by atoms with Crippen LogP contribution in [-0.2, 0) is 11.3 Å². The average Bonchev–Trinajstić information content (AvgIpc) is 2.82. The first-order valence-corrected chi connectivity index (χ1v) is 4.54. The second-order valence-electron chi connectivity index (χ2n) is 3.29. The minimum absolute atomic E-state index is 0.186. The van der Waals surface area contributed by atoms with E-state index in [1.807, 2.05) is 0 Å². The molecule has 0 spiro atoms. The lowest BCUT2D eigenvalue weighted by atomic mass is 10.5. The van der Waals surface area contributed by atoms with Crippen LogP contribution < -0.4 is 5.01 Å². The van der Waals surface area contributed by atoms with E-state index in [0.29, 0.717) is 0 Å². The number of carboxylic acid groups (broad SMARTS) is 1. The number of aliphatic carboxylic acids is 1. The Morgan fingerprint density at radius 2 is 1.88 bits per heavy atom. The minimum atomic E-state index is -1.05. The molecule has 0 aromatic carbocycles. The van der Waals surface area contributed by atoms with E-state index in [2.05, 4.69) is 31.1 Å². The van der Waals surface area contributed by atoms with Gasteiger partial charge in [0.05, 0.1) is 0 Å². The number of carboxylic acids is 1. The van der Waals surface area contributed by atoms with Crippen LogP contribution in [0.15, 0.2) is 0 Å². The van der Waals surface area contributed by atoms with Gasteiger partial charge < -0.3 is 5.11 Å². The molecular weight excluding hydrogens is 230 g/mol. The van der Waals surface area contributed by atoms with Crippen molar-refractivity contribution in [3.8, 4) is 11.6 Å². The van der Waals surface area contributed by atoms with Gasteiger partial charge in [0.25, 0.3) is 0 Å². The standard InChI is InChI=1S/C6H9N9O2/c1-13(2)15-6(8-10-12-15)5-7-9-11-14(5)3-4(16)17/h3H2,1-2H3,(H,16,17). The van der Waals surface area contributed by atoms with Crippen LogP contribution in [0, 0.1) is 0 Å². The second kappa shape index (κ2) is 4.11. The number of aromatic nitrogens is 8. The molecule has 0 saturated heterocycles. The summed E-state index contributed by atoms with van der Waals surface area (Å²) >= 11 is 0. The zero-order valence-corrected chi connectivity index (χ0v) is 9.09. The maximum absolute atomic E-state index is 10.6. The van der Waals surface area contributed by atoms with Crippen molar-refractivity contribution in [1.82, 2.24) is 40.5 Å². The summed E-state index contributed by atoms with van der Waals surface area (Å²) in [4.78, 5) is 12.0. The maximum Gasteiger partial charge on any atom is 0.325 e. The van der Waals surface area contributed by atoms with Gasteiger partial charge in [-0.05, 0) is 20.9 Å². The zero-order valence-electron chi connectivity index (χ0n) is 9.09. The maximum atomic E-state index is 10.6. The van der Waals surface area contributed by atoms with Crippen molar-refractivity contribution in [2.24, 2.45) is 0 Å². The van der Waals surface area contributed by atoms with Gasteiger partial charge in [0.2, 0.25) is 11.6 Å². The molecule has 0 amide bonds. The van der Waals surface area contributed by atoms with Crippen molar-refractivity contribution in [2.75, 3.05) is 19.1 Å². The number of tetrazole rings is 2. The van der Waals surface area contributed by atoms with Gasteiger partial charge in [-0.1, -0.05) is 0 Å². The first-order valence-electron chi connectivity index (χ1n) is 4.54. The number of carbonyl (C=O) groups is 1. The van der Waals surface area contributed by atoms with Crippen LogP contribution in [0.2, 0.25) is 0 Å². The molecule has 17 heavy (non-hydrogen) atoms. The lowest BCUT2D eigenvalue weighted by molar-refractivity contribution is -0.137. The summed E-state index contributed by atoms with van der Waals surface area (Å²) < 4.78 is 1.11. The summed E-state index contributed by atoms with van der Waals surface area (Å²) in [6.45, 7) is -0.359. The summed E-state index contributed by atoms with van der Waals surface area (Å²) in [5, 5.41) is 31.9. The Morgan fingerprint density at radius 3 is 2.53 bits per heavy atom. The van der Waals surface area contributed by atoms with Crippen LogP contribution in [0.4, 0.5) is 0 Å². The van der Waals surface area contributed by atoms with Gasteiger partial charge in [0, 0.05) is 14.1 Å². The molecule has 2 aromatic rings. The predicted octanol–water partition coefficient (Wildman–Crippen LogP) is -2.39. The van der Waals surface area contributed by atoms with Gasteiger partial charge in [-0.3, -0.25) is 9.80 Å². The van der Waals surface area contributed by atoms with Gasteiger partial charge >= 0.3 is 5.97 Å². The molecule has 0 bridgehead atoms. The Bertz CT molecular complexity index is 529. The van der Waals surface area contributed by atoms with Gasteiger partial charge in [0.15, 0.2) is 0 Å². The molecule has 0 aliphatic carbocycles. The topological polar surface area (TPSA) is 128 Å². The third-order valence-corrected chi connectivity index (χ3v) is 1.85. The number of nitrogens with zero attached hydrogens (tertiary/aromatic N) is 9. The highest BCUT2D eigenvalue weighted by molar-refractivity contribution is 5.67. The summed E-state index contributed by atoms with van der Waals surface area (Å²) in [6, 6.07) is 0. The molecule has 2 rings (SSSR count). The number of hydrogen-bond donors (Lipinski definition) is 1. The average molecular weight is 239 g/mol. The molecule has 0 aliphatic heterocycles. The highest BCUT2D eigenvalue weighted by Gasteiger charge is 2.19. The Morgan fingerprint density at radius 1 is 1.24 bits per heavy atom. The third-order valence-electron chi connectivity index (χ3n) is 1.85. The fraction of sp³-hybridized carbons (Fsp3) is 0.500. The molecule has 11 nitrogen and oxygen atoms in total. The molecule has 2 aromatic heterocycles. The molecular formula is C6H9N9O2. The highest BCUT2D eigenvalue weighted by atomic mass is 16.4. The number of hydrogen-bond acceptors (Lipinski definition) is 8. The van der Waals surface area contributed by atoms with Gasteiger partial charge in [-0.25, -0.2) is 4.68 Å². The summed E-state index contributed by atoms with van der Waals surface area (Å²) in [5.74, 6) is -0.602. The predicted molar refractivity (Wildman–Crippen MR) is 52.3 cm³/mol. The highest BCUT2D eigenvalue weighted by Crippen LogP contribution is 2.10. The van der Waals surface area contributed by atoms with E-state index in [1.165, 1.54) is 4.79 Å². The molecule has 0 radical (unpaired) electrons. The van der Waals surface area contributed by atoms with Crippen molar-refractivity contribution in [1.29, 1.82) is 0 Å². The van der Waals surface area contributed by atoms with Crippen molar-refractivity contribution in [3.63, 3.8) is 0 Å². The molecule has 2 heterocycles. The molecule has 1 N–H and O–H groups in total. The summed E-state index contributed by atoms with van der Waals surface area (Å²) in [5.41, 5.74) is 0. The fourth-order valence-corrected chi connectivity index (χ4v) is 1.19. The monoisotopic (exact) mass is 239 g/mol. The van der Waals surface area contributed by atoms with E-state index in [1.54, 1.807) is 19.1 Å². The SMILES string of the molecule is CN(C)n1nnnc1-c1nnnn1CC(=O)O. The van der Waals surface area contributed by atoms with E-state index < -0.39 is 5.97 Å². The van der Waals surface area contributed by atoms with Crippen LogP contribution in [-0.4, -0.2) is 65.7 Å². The van der Waals surface area contributed by atoms with Crippen LogP contribution in [0.1, 0.15) is 0 Å². The molecule has 90 valence electrons. The quantitative estimate of drug-likeness (QED) is 0.621. The van der Waals surface area contributed by atoms with Crippen molar-refractivity contribution in [2.45, 2.75) is 6.54 Å². The normalized spacial score (nSPS) is 10.5. The lowest BCUT2D eigenvalue weighted by Crippen LogP contribution is -2.28. The van der Waals surface area contributed by atoms with E-state index in [4.69, 9.17) is 5.11 Å². The van der Waals surface area contributed by atoms with Gasteiger partial charge in [-0.15, -0.1) is 15.0 Å². The van der Waals surface area contributed by atoms with E-state index in [-0.39, 0.29) is 18.2 Å². The first kappa shape index (κ1) is 10.9. The molecule has 0 fully saturated rings. The Kier molecular flexibility index (Phi) is 2.64. The Labute approximate surface area is 94.6 Å². The molecule has 0 saturated carbocycles. The van der Waals surface area contributed by atoms with Crippen LogP contribution >= 0.6 is 0 Å². The van der Waals surface area contributed by atoms with Crippen LogP contribution in [0.25, 0.3) is 11.6 Å². The number of rotatable bonds is 4. The van der Waals surface area contributed by atoms with E-state index in [9.17, 15) is 4.79 Å².